The van der Waals surface area contributed by atoms with Gasteiger partial charge in [-0.3, -0.25) is 9.59 Å². The molecule has 0 saturated heterocycles. The second kappa shape index (κ2) is 11.9. The monoisotopic (exact) mass is 539 g/mol. The molecule has 1 aromatic heterocycles. The number of halogens is 3. The van der Waals surface area contributed by atoms with E-state index in [1.165, 1.54) is 11.8 Å². The number of carbonyl (C=O) groups excluding carboxylic acids is 2. The van der Waals surface area contributed by atoms with Crippen LogP contribution in [0, 0.1) is 5.92 Å². The van der Waals surface area contributed by atoms with Crippen LogP contribution in [-0.4, -0.2) is 32.3 Å². The largest absolute Gasteiger partial charge is 0.342 e. The number of amides is 2. The first-order chi connectivity index (χ1) is 16.2. The number of rotatable bonds is 9. The van der Waals surface area contributed by atoms with Gasteiger partial charge in [-0.2, -0.15) is 0 Å². The van der Waals surface area contributed by atoms with Crippen molar-refractivity contribution in [2.24, 2.45) is 5.92 Å². The summed E-state index contributed by atoms with van der Waals surface area (Å²) in [6.45, 7) is 6.50. The molecule has 3 rings (SSSR count). The zero-order chi connectivity index (χ0) is 24.8. The Bertz CT molecular complexity index is 1190. The van der Waals surface area contributed by atoms with Crippen molar-refractivity contribution < 1.29 is 9.59 Å². The van der Waals surface area contributed by atoms with Crippen molar-refractivity contribution >= 4 is 64.1 Å². The first kappa shape index (κ1) is 26.3. The molecule has 0 aliphatic carbocycles. The van der Waals surface area contributed by atoms with Crippen LogP contribution in [0.4, 0.5) is 5.69 Å². The van der Waals surface area contributed by atoms with E-state index in [0.717, 1.165) is 0 Å². The van der Waals surface area contributed by atoms with E-state index in [4.69, 9.17) is 34.8 Å². The fourth-order valence-corrected chi connectivity index (χ4v) is 4.62. The molecule has 34 heavy (non-hydrogen) atoms. The van der Waals surface area contributed by atoms with Crippen molar-refractivity contribution in [3.63, 3.8) is 0 Å². The van der Waals surface area contributed by atoms with Crippen LogP contribution in [0.5, 0.6) is 0 Å². The van der Waals surface area contributed by atoms with Gasteiger partial charge in [-0.05, 0) is 37.1 Å². The third kappa shape index (κ3) is 6.24. The predicted octanol–water partition coefficient (Wildman–Crippen LogP) is 6.12. The maximum absolute atomic E-state index is 12.9. The van der Waals surface area contributed by atoms with Gasteiger partial charge in [-0.15, -0.1) is 10.2 Å². The predicted molar refractivity (Wildman–Crippen MR) is 138 cm³/mol. The summed E-state index contributed by atoms with van der Waals surface area (Å²) in [6.07, 6.45) is 0. The number of benzene rings is 2. The Morgan fingerprint density at radius 3 is 2.41 bits per heavy atom. The molecular formula is C23H24Cl3N5O2S. The highest BCUT2D eigenvalue weighted by Crippen LogP contribution is 2.30. The van der Waals surface area contributed by atoms with Gasteiger partial charge < -0.3 is 15.2 Å². The lowest BCUT2D eigenvalue weighted by molar-refractivity contribution is -0.113. The Hall–Kier alpha value is -2.26. The van der Waals surface area contributed by atoms with E-state index in [0.29, 0.717) is 38.8 Å². The minimum Gasteiger partial charge on any atom is -0.342 e. The minimum absolute atomic E-state index is 0.0343. The lowest BCUT2D eigenvalue weighted by Crippen LogP contribution is -2.34. The standard InChI is InChI=1S/C23H24Cl3N5O2S/c1-4-31-21(20(13(2)3)28-22(33)14-8-5-6-9-15(14)24)29-30-23(31)34-12-18(32)27-17-11-7-10-16(25)19(17)26/h5-11,13,20H,4,12H2,1-3H3,(H,27,32)(H,28,33)/t20-/m0/s1. The van der Waals surface area contributed by atoms with E-state index in [1.807, 2.05) is 25.3 Å². The van der Waals surface area contributed by atoms with Crippen molar-refractivity contribution in [3.8, 4) is 0 Å². The molecule has 0 saturated carbocycles. The molecule has 3 aromatic rings. The summed E-state index contributed by atoms with van der Waals surface area (Å²) < 4.78 is 1.89. The number of aromatic nitrogens is 3. The molecular weight excluding hydrogens is 517 g/mol. The fraction of sp³-hybridized carbons (Fsp3) is 0.304. The van der Waals surface area contributed by atoms with Gasteiger partial charge in [-0.1, -0.05) is 78.6 Å². The summed E-state index contributed by atoms with van der Waals surface area (Å²) in [5, 5.41) is 16.0. The van der Waals surface area contributed by atoms with E-state index < -0.39 is 6.04 Å². The summed E-state index contributed by atoms with van der Waals surface area (Å²) in [5.74, 6) is 0.195. The molecule has 0 aliphatic heterocycles. The van der Waals surface area contributed by atoms with Crippen LogP contribution in [0.2, 0.25) is 15.1 Å². The Balaban J connectivity index is 1.73. The molecule has 0 spiro atoms. The quantitative estimate of drug-likeness (QED) is 0.319. The molecule has 7 nitrogen and oxygen atoms in total. The Labute approximate surface area is 217 Å². The Morgan fingerprint density at radius 1 is 1.03 bits per heavy atom. The number of nitrogens with one attached hydrogen (secondary N) is 2. The number of thioether (sulfide) groups is 1. The summed E-state index contributed by atoms with van der Waals surface area (Å²) in [5.41, 5.74) is 0.836. The molecule has 0 radical (unpaired) electrons. The first-order valence-electron chi connectivity index (χ1n) is 10.6. The number of nitrogens with zero attached hydrogens (tertiary/aromatic N) is 3. The first-order valence-corrected chi connectivity index (χ1v) is 12.7. The maximum atomic E-state index is 12.9. The van der Waals surface area contributed by atoms with Gasteiger partial charge in [0.05, 0.1) is 38.1 Å². The molecule has 2 N–H and O–H groups in total. The fourth-order valence-electron chi connectivity index (χ4n) is 3.24. The average molecular weight is 541 g/mol. The molecule has 1 atom stereocenters. The molecule has 180 valence electrons. The molecule has 0 fully saturated rings. The van der Waals surface area contributed by atoms with Gasteiger partial charge >= 0.3 is 0 Å². The summed E-state index contributed by atoms with van der Waals surface area (Å²) in [7, 11) is 0. The second-order valence-corrected chi connectivity index (χ2v) is 9.83. The van der Waals surface area contributed by atoms with E-state index in [2.05, 4.69) is 20.8 Å². The number of anilines is 1. The zero-order valence-electron chi connectivity index (χ0n) is 18.8. The van der Waals surface area contributed by atoms with E-state index in [-0.39, 0.29) is 28.5 Å². The minimum atomic E-state index is -0.398. The van der Waals surface area contributed by atoms with Crippen molar-refractivity contribution in [2.75, 3.05) is 11.1 Å². The molecule has 0 aliphatic rings. The number of carbonyl (C=O) groups is 2. The topological polar surface area (TPSA) is 88.9 Å². The van der Waals surface area contributed by atoms with Gasteiger partial charge in [0, 0.05) is 6.54 Å². The van der Waals surface area contributed by atoms with Crippen LogP contribution in [0.1, 0.15) is 43.0 Å². The van der Waals surface area contributed by atoms with Crippen LogP contribution in [0.15, 0.2) is 47.6 Å². The molecule has 0 bridgehead atoms. The molecule has 2 amide bonds. The Kier molecular flexibility index (Phi) is 9.24. The second-order valence-electron chi connectivity index (χ2n) is 7.70. The third-order valence-electron chi connectivity index (χ3n) is 4.97. The highest BCUT2D eigenvalue weighted by Gasteiger charge is 2.27. The maximum Gasteiger partial charge on any atom is 0.253 e. The SMILES string of the molecule is CCn1c(SCC(=O)Nc2cccc(Cl)c2Cl)nnc1[C@@H](NC(=O)c1ccccc1Cl)C(C)C. The lowest BCUT2D eigenvalue weighted by atomic mass is 10.0. The van der Waals surface area contributed by atoms with Crippen LogP contribution in [-0.2, 0) is 11.3 Å². The van der Waals surface area contributed by atoms with E-state index in [1.54, 1.807) is 42.5 Å². The van der Waals surface area contributed by atoms with E-state index >= 15 is 0 Å². The van der Waals surface area contributed by atoms with Crippen LogP contribution >= 0.6 is 46.6 Å². The molecule has 11 heteroatoms. The van der Waals surface area contributed by atoms with Gasteiger partial charge in [0.25, 0.3) is 5.91 Å². The average Bonchev–Trinajstić information content (AvgIpc) is 3.21. The van der Waals surface area contributed by atoms with Crippen molar-refractivity contribution in [3.05, 3.63) is 68.9 Å². The van der Waals surface area contributed by atoms with Crippen molar-refractivity contribution in [2.45, 2.75) is 38.5 Å². The van der Waals surface area contributed by atoms with Crippen LogP contribution < -0.4 is 10.6 Å². The van der Waals surface area contributed by atoms with Gasteiger partial charge in [0.2, 0.25) is 5.91 Å². The van der Waals surface area contributed by atoms with Crippen molar-refractivity contribution in [1.82, 2.24) is 20.1 Å². The number of hydrogen-bond acceptors (Lipinski definition) is 5. The Morgan fingerprint density at radius 2 is 1.74 bits per heavy atom. The van der Waals surface area contributed by atoms with Gasteiger partial charge in [0.15, 0.2) is 11.0 Å². The summed E-state index contributed by atoms with van der Waals surface area (Å²) in [4.78, 5) is 25.3. The summed E-state index contributed by atoms with van der Waals surface area (Å²) in [6, 6.07) is 11.5. The molecule has 1 heterocycles. The molecule has 2 aromatic carbocycles. The normalized spacial score (nSPS) is 12.0. The smallest absolute Gasteiger partial charge is 0.253 e. The van der Waals surface area contributed by atoms with E-state index in [9.17, 15) is 9.59 Å². The molecule has 0 unspecified atom stereocenters. The zero-order valence-corrected chi connectivity index (χ0v) is 21.9. The van der Waals surface area contributed by atoms with Gasteiger partial charge in [0.1, 0.15) is 0 Å². The van der Waals surface area contributed by atoms with Crippen LogP contribution in [0.25, 0.3) is 0 Å². The lowest BCUT2D eigenvalue weighted by Gasteiger charge is -2.22. The van der Waals surface area contributed by atoms with Crippen LogP contribution in [0.3, 0.4) is 0 Å². The number of hydrogen-bond donors (Lipinski definition) is 2. The van der Waals surface area contributed by atoms with Gasteiger partial charge in [-0.25, -0.2) is 0 Å². The highest BCUT2D eigenvalue weighted by atomic mass is 35.5. The summed E-state index contributed by atoms with van der Waals surface area (Å²) >= 11 is 19.6. The van der Waals surface area contributed by atoms with Crippen molar-refractivity contribution in [1.29, 1.82) is 0 Å². The highest BCUT2D eigenvalue weighted by molar-refractivity contribution is 7.99. The third-order valence-corrected chi connectivity index (χ3v) is 7.08.